The lowest BCUT2D eigenvalue weighted by Crippen LogP contribution is -2.49. The number of rotatable bonds is 6. The monoisotopic (exact) mass is 573 g/mol. The molecule has 4 unspecified atom stereocenters. The van der Waals surface area contributed by atoms with E-state index in [0.29, 0.717) is 29.6 Å². The Morgan fingerprint density at radius 2 is 1.87 bits per heavy atom. The van der Waals surface area contributed by atoms with Crippen molar-refractivity contribution in [2.24, 2.45) is 11.3 Å². The Morgan fingerprint density at radius 1 is 1.13 bits per heavy atom. The van der Waals surface area contributed by atoms with E-state index in [4.69, 9.17) is 23.2 Å². The van der Waals surface area contributed by atoms with Crippen LogP contribution in [0.15, 0.2) is 36.4 Å². The van der Waals surface area contributed by atoms with Crippen LogP contribution < -0.4 is 16.0 Å². The average molecular weight is 575 g/mol. The number of carbonyl (C=O) groups excluding carboxylic acids is 2. The van der Waals surface area contributed by atoms with E-state index >= 15 is 4.39 Å². The highest BCUT2D eigenvalue weighted by Crippen LogP contribution is 2.57. The lowest BCUT2D eigenvalue weighted by molar-refractivity contribution is -0.123. The first-order valence-corrected chi connectivity index (χ1v) is 14.9. The van der Waals surface area contributed by atoms with Gasteiger partial charge in [0.05, 0.1) is 11.1 Å². The Bertz CT molecular complexity index is 1260. The highest BCUT2D eigenvalue weighted by Gasteiger charge is 2.66. The van der Waals surface area contributed by atoms with Crippen LogP contribution in [0.2, 0.25) is 10.0 Å². The van der Waals surface area contributed by atoms with E-state index in [1.54, 1.807) is 24.3 Å². The molecule has 1 spiro atoms. The normalized spacial score (nSPS) is 27.0. The first kappa shape index (κ1) is 28.4. The standard InChI is InChI=1S/C31H38Cl2FN3O2/c1-30(2,3)17-24-31(21-13-12-19(32)16-23(21)36-29(31)39)25(20-10-7-11-22(33)26(20)34)27(37-24)28(38)35-15-14-18-8-5-4-6-9-18/h7,10-13,16,18,24-25,27,37H,4-6,8-9,14-15,17H2,1-3H3,(H,35,38)(H,36,39). The summed E-state index contributed by atoms with van der Waals surface area (Å²) in [4.78, 5) is 28.1. The van der Waals surface area contributed by atoms with Gasteiger partial charge in [0, 0.05) is 29.2 Å². The Labute approximate surface area is 240 Å². The Morgan fingerprint density at radius 3 is 2.59 bits per heavy atom. The molecule has 0 radical (unpaired) electrons. The second kappa shape index (κ2) is 11.0. The molecule has 0 aromatic heterocycles. The number of nitrogens with one attached hydrogen (secondary N) is 3. The maximum absolute atomic E-state index is 15.8. The highest BCUT2D eigenvalue weighted by atomic mass is 35.5. The van der Waals surface area contributed by atoms with E-state index in [9.17, 15) is 9.59 Å². The van der Waals surface area contributed by atoms with Crippen molar-refractivity contribution in [3.63, 3.8) is 0 Å². The van der Waals surface area contributed by atoms with Gasteiger partial charge in [-0.15, -0.1) is 0 Å². The molecule has 3 N–H and O–H groups in total. The topological polar surface area (TPSA) is 70.2 Å². The van der Waals surface area contributed by atoms with Crippen molar-refractivity contribution in [2.75, 3.05) is 11.9 Å². The molecule has 5 nitrogen and oxygen atoms in total. The summed E-state index contributed by atoms with van der Waals surface area (Å²) in [7, 11) is 0. The number of anilines is 1. The number of halogens is 3. The van der Waals surface area contributed by atoms with Gasteiger partial charge in [-0.25, -0.2) is 4.39 Å². The van der Waals surface area contributed by atoms with Gasteiger partial charge in [-0.1, -0.05) is 94.3 Å². The van der Waals surface area contributed by atoms with E-state index in [2.05, 4.69) is 36.7 Å². The molecular formula is C31H38Cl2FN3O2. The van der Waals surface area contributed by atoms with Crippen LogP contribution in [-0.4, -0.2) is 30.4 Å². The quantitative estimate of drug-likeness (QED) is 0.349. The predicted octanol–water partition coefficient (Wildman–Crippen LogP) is 6.97. The number of amides is 2. The molecule has 39 heavy (non-hydrogen) atoms. The first-order chi connectivity index (χ1) is 18.5. The van der Waals surface area contributed by atoms with Crippen molar-refractivity contribution in [2.45, 2.75) is 89.1 Å². The molecule has 4 atom stereocenters. The van der Waals surface area contributed by atoms with Gasteiger partial charge in [0.25, 0.3) is 0 Å². The largest absolute Gasteiger partial charge is 0.355 e. The molecule has 1 aliphatic carbocycles. The number of carbonyl (C=O) groups is 2. The summed E-state index contributed by atoms with van der Waals surface area (Å²) in [5.41, 5.74) is 0.171. The zero-order valence-electron chi connectivity index (χ0n) is 22.9. The fourth-order valence-corrected chi connectivity index (χ4v) is 7.49. The van der Waals surface area contributed by atoms with Gasteiger partial charge < -0.3 is 16.0 Å². The van der Waals surface area contributed by atoms with Crippen LogP contribution in [0.5, 0.6) is 0 Å². The summed E-state index contributed by atoms with van der Waals surface area (Å²) >= 11 is 12.6. The van der Waals surface area contributed by atoms with Crippen molar-refractivity contribution in [1.29, 1.82) is 0 Å². The van der Waals surface area contributed by atoms with Gasteiger partial charge in [-0.3, -0.25) is 9.59 Å². The van der Waals surface area contributed by atoms with Crippen molar-refractivity contribution >= 4 is 40.7 Å². The Hall–Kier alpha value is -2.15. The molecule has 5 rings (SSSR count). The van der Waals surface area contributed by atoms with Crippen molar-refractivity contribution < 1.29 is 14.0 Å². The van der Waals surface area contributed by atoms with E-state index in [-0.39, 0.29) is 27.8 Å². The van der Waals surface area contributed by atoms with Crippen LogP contribution in [0.3, 0.4) is 0 Å². The fourth-order valence-electron chi connectivity index (χ4n) is 7.14. The van der Waals surface area contributed by atoms with Gasteiger partial charge in [0.1, 0.15) is 11.2 Å². The third-order valence-corrected chi connectivity index (χ3v) is 9.32. The molecule has 2 fully saturated rings. The van der Waals surface area contributed by atoms with E-state index in [1.165, 1.54) is 38.2 Å². The molecule has 210 valence electrons. The highest BCUT2D eigenvalue weighted by molar-refractivity contribution is 6.31. The van der Waals surface area contributed by atoms with Crippen LogP contribution in [0, 0.1) is 17.2 Å². The number of fused-ring (bicyclic) bond motifs is 2. The molecule has 2 aromatic rings. The van der Waals surface area contributed by atoms with Crippen LogP contribution in [-0.2, 0) is 15.0 Å². The maximum atomic E-state index is 15.8. The second-order valence-electron chi connectivity index (χ2n) is 12.7. The minimum atomic E-state index is -1.23. The molecule has 0 bridgehead atoms. The van der Waals surface area contributed by atoms with Crippen LogP contribution in [0.1, 0.15) is 82.8 Å². The number of hydrogen-bond donors (Lipinski definition) is 3. The van der Waals surface area contributed by atoms with E-state index in [0.717, 1.165) is 12.0 Å². The predicted molar refractivity (Wildman–Crippen MR) is 155 cm³/mol. The zero-order valence-corrected chi connectivity index (χ0v) is 24.4. The third kappa shape index (κ3) is 5.32. The smallest absolute Gasteiger partial charge is 0.237 e. The number of benzene rings is 2. The van der Waals surface area contributed by atoms with Crippen LogP contribution in [0.25, 0.3) is 0 Å². The van der Waals surface area contributed by atoms with Gasteiger partial charge in [0.2, 0.25) is 11.8 Å². The SMILES string of the molecule is CC(C)(C)CC1NC(C(=O)NCCC2CCCCC2)C(c2cccc(Cl)c2F)C12C(=O)Nc1cc(Cl)ccc12. The summed E-state index contributed by atoms with van der Waals surface area (Å²) in [6.45, 7) is 6.86. The molecule has 8 heteroatoms. The minimum absolute atomic E-state index is 0.0342. The average Bonchev–Trinajstić information content (AvgIpc) is 3.35. The molecule has 1 saturated heterocycles. The first-order valence-electron chi connectivity index (χ1n) is 14.1. The molecule has 1 saturated carbocycles. The molecule has 2 amide bonds. The molecule has 2 aromatic carbocycles. The Balaban J connectivity index is 1.59. The van der Waals surface area contributed by atoms with Crippen molar-refractivity contribution in [3.8, 4) is 0 Å². The minimum Gasteiger partial charge on any atom is -0.355 e. The van der Waals surface area contributed by atoms with E-state index in [1.807, 2.05) is 6.07 Å². The summed E-state index contributed by atoms with van der Waals surface area (Å²) in [6.07, 6.45) is 7.69. The second-order valence-corrected chi connectivity index (χ2v) is 13.5. The van der Waals surface area contributed by atoms with E-state index < -0.39 is 29.2 Å². The summed E-state index contributed by atoms with van der Waals surface area (Å²) in [6, 6.07) is 8.87. The Kier molecular flexibility index (Phi) is 8.02. The van der Waals surface area contributed by atoms with Crippen LogP contribution in [0.4, 0.5) is 10.1 Å². The summed E-state index contributed by atoms with van der Waals surface area (Å²) in [5.74, 6) is -1.28. The third-order valence-electron chi connectivity index (χ3n) is 8.80. The summed E-state index contributed by atoms with van der Waals surface area (Å²) < 4.78 is 15.8. The van der Waals surface area contributed by atoms with Gasteiger partial charge in [-0.2, -0.15) is 0 Å². The lowest BCUT2D eigenvalue weighted by Gasteiger charge is -2.37. The van der Waals surface area contributed by atoms with Gasteiger partial charge >= 0.3 is 0 Å². The molecule has 2 aliphatic heterocycles. The van der Waals surface area contributed by atoms with Gasteiger partial charge in [-0.05, 0) is 53.5 Å². The van der Waals surface area contributed by atoms with Gasteiger partial charge in [0.15, 0.2) is 0 Å². The molecule has 3 aliphatic rings. The zero-order chi connectivity index (χ0) is 27.9. The maximum Gasteiger partial charge on any atom is 0.237 e. The molecular weight excluding hydrogens is 536 g/mol. The number of hydrogen-bond acceptors (Lipinski definition) is 3. The van der Waals surface area contributed by atoms with Crippen molar-refractivity contribution in [3.05, 3.63) is 63.4 Å². The summed E-state index contributed by atoms with van der Waals surface area (Å²) in [5, 5.41) is 10.1. The molecule has 2 heterocycles. The van der Waals surface area contributed by atoms with Crippen LogP contribution >= 0.6 is 23.2 Å². The van der Waals surface area contributed by atoms with Crippen molar-refractivity contribution in [1.82, 2.24) is 10.6 Å². The lowest BCUT2D eigenvalue weighted by atomic mass is 9.62. The fraction of sp³-hybridized carbons (Fsp3) is 0.548.